The van der Waals surface area contributed by atoms with E-state index in [1.807, 2.05) is 24.3 Å². The van der Waals surface area contributed by atoms with Gasteiger partial charge in [0.15, 0.2) is 6.61 Å². The molecule has 1 aliphatic rings. The zero-order valence-corrected chi connectivity index (χ0v) is 15.7. The molecule has 0 unspecified atom stereocenters. The van der Waals surface area contributed by atoms with E-state index >= 15 is 0 Å². The number of benzene rings is 1. The zero-order valence-electron chi connectivity index (χ0n) is 15.7. The maximum atomic E-state index is 12.3. The van der Waals surface area contributed by atoms with Crippen LogP contribution in [0.25, 0.3) is 0 Å². The molecule has 0 radical (unpaired) electrons. The SMILES string of the molecule is O=C(NCc1ccccc1CN1CCOCC1)c1ccc(OCC(F)(F)F)nc1. The number of rotatable bonds is 7. The minimum absolute atomic E-state index is 0.185. The van der Waals surface area contributed by atoms with Gasteiger partial charge in [-0.2, -0.15) is 13.2 Å². The van der Waals surface area contributed by atoms with Crippen molar-refractivity contribution in [2.24, 2.45) is 0 Å². The molecule has 1 amide bonds. The fourth-order valence-electron chi connectivity index (χ4n) is 2.92. The van der Waals surface area contributed by atoms with Crippen molar-refractivity contribution < 1.29 is 27.4 Å². The average Bonchev–Trinajstić information content (AvgIpc) is 2.72. The predicted molar refractivity (Wildman–Crippen MR) is 99.5 cm³/mol. The Hall–Kier alpha value is -2.65. The third-order valence-electron chi connectivity index (χ3n) is 4.44. The maximum absolute atomic E-state index is 12.3. The number of alkyl halides is 3. The molecular formula is C20H22F3N3O3. The van der Waals surface area contributed by atoms with E-state index in [0.717, 1.165) is 30.8 Å². The highest BCUT2D eigenvalue weighted by Gasteiger charge is 2.28. The summed E-state index contributed by atoms with van der Waals surface area (Å²) in [5, 5.41) is 2.83. The van der Waals surface area contributed by atoms with Gasteiger partial charge in [-0.05, 0) is 17.2 Å². The zero-order chi connectivity index (χ0) is 20.7. The Labute approximate surface area is 166 Å². The van der Waals surface area contributed by atoms with Gasteiger partial charge >= 0.3 is 6.18 Å². The third-order valence-corrected chi connectivity index (χ3v) is 4.44. The van der Waals surface area contributed by atoms with Gasteiger partial charge < -0.3 is 14.8 Å². The molecule has 0 atom stereocenters. The molecule has 29 heavy (non-hydrogen) atoms. The number of carbonyl (C=O) groups excluding carboxylic acids is 1. The summed E-state index contributed by atoms with van der Waals surface area (Å²) >= 11 is 0. The molecule has 0 aliphatic carbocycles. The van der Waals surface area contributed by atoms with Crippen LogP contribution < -0.4 is 10.1 Å². The summed E-state index contributed by atoms with van der Waals surface area (Å²) in [7, 11) is 0. The second kappa shape index (κ2) is 9.71. The molecule has 1 N–H and O–H groups in total. The number of hydrogen-bond acceptors (Lipinski definition) is 5. The van der Waals surface area contributed by atoms with Crippen molar-refractivity contribution in [3.63, 3.8) is 0 Å². The topological polar surface area (TPSA) is 63.7 Å². The molecule has 2 aromatic rings. The molecule has 3 rings (SSSR count). The lowest BCUT2D eigenvalue weighted by molar-refractivity contribution is -0.154. The summed E-state index contributed by atoms with van der Waals surface area (Å²) < 4.78 is 46.4. The fraction of sp³-hybridized carbons (Fsp3) is 0.400. The van der Waals surface area contributed by atoms with Gasteiger partial charge in [-0.3, -0.25) is 9.69 Å². The molecular weight excluding hydrogens is 387 g/mol. The van der Waals surface area contributed by atoms with E-state index in [9.17, 15) is 18.0 Å². The van der Waals surface area contributed by atoms with E-state index in [1.54, 1.807) is 0 Å². The van der Waals surface area contributed by atoms with Crippen LogP contribution in [0, 0.1) is 0 Å². The molecule has 0 saturated carbocycles. The molecule has 1 saturated heterocycles. The molecule has 1 fully saturated rings. The number of nitrogens with one attached hydrogen (secondary N) is 1. The number of amides is 1. The van der Waals surface area contributed by atoms with Crippen molar-refractivity contribution >= 4 is 5.91 Å². The van der Waals surface area contributed by atoms with Crippen LogP contribution in [0.15, 0.2) is 42.6 Å². The summed E-state index contributed by atoms with van der Waals surface area (Å²) in [6, 6.07) is 10.5. The summed E-state index contributed by atoms with van der Waals surface area (Å²) in [6.45, 7) is 2.87. The first-order chi connectivity index (χ1) is 13.9. The number of halogens is 3. The second-order valence-corrected chi connectivity index (χ2v) is 6.63. The predicted octanol–water partition coefficient (Wildman–Crippen LogP) is 2.78. The van der Waals surface area contributed by atoms with Crippen LogP contribution in [-0.4, -0.2) is 54.9 Å². The third kappa shape index (κ3) is 6.72. The Kier molecular flexibility index (Phi) is 7.05. The summed E-state index contributed by atoms with van der Waals surface area (Å²) in [4.78, 5) is 18.4. The molecule has 1 aromatic carbocycles. The monoisotopic (exact) mass is 409 g/mol. The number of nitrogens with zero attached hydrogens (tertiary/aromatic N) is 2. The largest absolute Gasteiger partial charge is 0.468 e. The first-order valence-electron chi connectivity index (χ1n) is 9.21. The Morgan fingerprint density at radius 3 is 2.52 bits per heavy atom. The number of pyridine rings is 1. The van der Waals surface area contributed by atoms with Crippen molar-refractivity contribution in [3.8, 4) is 5.88 Å². The quantitative estimate of drug-likeness (QED) is 0.762. The summed E-state index contributed by atoms with van der Waals surface area (Å²) in [5.41, 5.74) is 2.38. The van der Waals surface area contributed by atoms with Crippen LogP contribution in [0.3, 0.4) is 0 Å². The maximum Gasteiger partial charge on any atom is 0.422 e. The lowest BCUT2D eigenvalue weighted by atomic mass is 10.1. The molecule has 6 nitrogen and oxygen atoms in total. The van der Waals surface area contributed by atoms with Gasteiger partial charge in [0.1, 0.15) is 0 Å². The second-order valence-electron chi connectivity index (χ2n) is 6.63. The van der Waals surface area contributed by atoms with Crippen LogP contribution in [0.4, 0.5) is 13.2 Å². The number of hydrogen-bond donors (Lipinski definition) is 1. The van der Waals surface area contributed by atoms with E-state index in [-0.39, 0.29) is 17.4 Å². The van der Waals surface area contributed by atoms with Gasteiger partial charge in [0.05, 0.1) is 18.8 Å². The van der Waals surface area contributed by atoms with Gasteiger partial charge in [0.25, 0.3) is 5.91 Å². The standard InChI is InChI=1S/C20H22F3N3O3/c21-20(22,23)14-29-18-6-5-16(12-24-18)19(27)25-11-15-3-1-2-4-17(15)13-26-7-9-28-10-8-26/h1-6,12H,7-11,13-14H2,(H,25,27). The minimum Gasteiger partial charge on any atom is -0.468 e. The molecule has 1 aromatic heterocycles. The van der Waals surface area contributed by atoms with Gasteiger partial charge in [0, 0.05) is 38.4 Å². The van der Waals surface area contributed by atoms with Gasteiger partial charge in [-0.1, -0.05) is 24.3 Å². The van der Waals surface area contributed by atoms with Crippen molar-refractivity contribution in [2.45, 2.75) is 19.3 Å². The van der Waals surface area contributed by atoms with Gasteiger partial charge in [0.2, 0.25) is 5.88 Å². The number of carbonyl (C=O) groups is 1. The highest BCUT2D eigenvalue weighted by molar-refractivity contribution is 5.93. The summed E-state index contributed by atoms with van der Waals surface area (Å²) in [5.74, 6) is -0.546. The highest BCUT2D eigenvalue weighted by atomic mass is 19.4. The molecule has 9 heteroatoms. The number of morpholine rings is 1. The van der Waals surface area contributed by atoms with Gasteiger partial charge in [-0.25, -0.2) is 4.98 Å². The molecule has 0 bridgehead atoms. The lowest BCUT2D eigenvalue weighted by Gasteiger charge is -2.27. The fourth-order valence-corrected chi connectivity index (χ4v) is 2.92. The average molecular weight is 409 g/mol. The molecule has 0 spiro atoms. The van der Waals surface area contributed by atoms with Crippen molar-refractivity contribution in [1.82, 2.24) is 15.2 Å². The van der Waals surface area contributed by atoms with E-state index in [1.165, 1.54) is 18.3 Å². The van der Waals surface area contributed by atoms with Crippen LogP contribution in [0.1, 0.15) is 21.5 Å². The van der Waals surface area contributed by atoms with Crippen molar-refractivity contribution in [3.05, 3.63) is 59.3 Å². The minimum atomic E-state index is -4.44. The summed E-state index contributed by atoms with van der Waals surface area (Å²) in [6.07, 6.45) is -3.24. The smallest absolute Gasteiger partial charge is 0.422 e. The van der Waals surface area contributed by atoms with E-state index in [4.69, 9.17) is 4.74 Å². The Morgan fingerprint density at radius 2 is 1.86 bits per heavy atom. The number of aromatic nitrogens is 1. The number of ether oxygens (including phenoxy) is 2. The van der Waals surface area contributed by atoms with Crippen LogP contribution >= 0.6 is 0 Å². The van der Waals surface area contributed by atoms with E-state index in [0.29, 0.717) is 19.8 Å². The van der Waals surface area contributed by atoms with Gasteiger partial charge in [-0.15, -0.1) is 0 Å². The van der Waals surface area contributed by atoms with Crippen molar-refractivity contribution in [1.29, 1.82) is 0 Å². The lowest BCUT2D eigenvalue weighted by Crippen LogP contribution is -2.36. The Bertz CT molecular complexity index is 807. The van der Waals surface area contributed by atoms with Crippen molar-refractivity contribution in [2.75, 3.05) is 32.9 Å². The molecule has 1 aliphatic heterocycles. The normalized spacial score (nSPS) is 15.1. The van der Waals surface area contributed by atoms with E-state index < -0.39 is 12.8 Å². The van der Waals surface area contributed by atoms with Crippen LogP contribution in [0.5, 0.6) is 5.88 Å². The first kappa shape index (κ1) is 21.1. The molecule has 156 valence electrons. The highest BCUT2D eigenvalue weighted by Crippen LogP contribution is 2.17. The molecule has 2 heterocycles. The first-order valence-corrected chi connectivity index (χ1v) is 9.21. The van der Waals surface area contributed by atoms with Crippen LogP contribution in [0.2, 0.25) is 0 Å². The Balaban J connectivity index is 1.55. The van der Waals surface area contributed by atoms with E-state index in [2.05, 4.69) is 19.9 Å². The Morgan fingerprint density at radius 1 is 1.14 bits per heavy atom. The van der Waals surface area contributed by atoms with Crippen LogP contribution in [-0.2, 0) is 17.8 Å².